The molecule has 1 aliphatic carbocycles. The second-order valence-electron chi connectivity index (χ2n) is 5.79. The first kappa shape index (κ1) is 15.7. The number of β-amino-alcohol motifs (C(OH)–C–C–N with tert-alkyl or cyclic N) is 1. The largest absolute Gasteiger partial charge is 0.389 e. The van der Waals surface area contributed by atoms with Crippen LogP contribution >= 0.6 is 0 Å². The molecule has 0 spiro atoms. The summed E-state index contributed by atoms with van der Waals surface area (Å²) in [6.45, 7) is 6.68. The number of nitrogens with zero attached hydrogens (tertiary/aromatic N) is 2. The summed E-state index contributed by atoms with van der Waals surface area (Å²) in [5, 5.41) is 9.75. The van der Waals surface area contributed by atoms with Gasteiger partial charge in [-0.2, -0.15) is 0 Å². The van der Waals surface area contributed by atoms with Gasteiger partial charge in [0.1, 0.15) is 0 Å². The van der Waals surface area contributed by atoms with Crippen LogP contribution in [0.3, 0.4) is 0 Å². The fourth-order valence-corrected chi connectivity index (χ4v) is 2.90. The van der Waals surface area contributed by atoms with Crippen LogP contribution in [0, 0.1) is 0 Å². The van der Waals surface area contributed by atoms with Crippen molar-refractivity contribution in [1.29, 1.82) is 0 Å². The first-order valence-corrected chi connectivity index (χ1v) is 7.74. The Morgan fingerprint density at radius 2 is 2.00 bits per heavy atom. The molecule has 4 nitrogen and oxygen atoms in total. The van der Waals surface area contributed by atoms with Gasteiger partial charge in [-0.3, -0.25) is 4.90 Å². The quantitative estimate of drug-likeness (QED) is 0.762. The lowest BCUT2D eigenvalue weighted by atomic mass is 10.0. The third-order valence-electron chi connectivity index (χ3n) is 4.14. The number of aliphatic hydroxyl groups excluding tert-OH is 1. The van der Waals surface area contributed by atoms with Crippen LogP contribution in [-0.4, -0.2) is 74.0 Å². The van der Waals surface area contributed by atoms with Gasteiger partial charge in [-0.1, -0.05) is 23.8 Å². The van der Waals surface area contributed by atoms with Crippen molar-refractivity contribution in [2.24, 2.45) is 0 Å². The second kappa shape index (κ2) is 8.57. The van der Waals surface area contributed by atoms with Crippen LogP contribution in [0.25, 0.3) is 0 Å². The highest BCUT2D eigenvalue weighted by Crippen LogP contribution is 2.16. The number of rotatable bonds is 7. The number of hydrogen-bond acceptors (Lipinski definition) is 4. The summed E-state index contributed by atoms with van der Waals surface area (Å²) in [5.74, 6) is 0. The summed E-state index contributed by atoms with van der Waals surface area (Å²) in [6.07, 6.45) is 10.0. The van der Waals surface area contributed by atoms with Crippen molar-refractivity contribution >= 4 is 0 Å². The van der Waals surface area contributed by atoms with Gasteiger partial charge in [-0.15, -0.1) is 0 Å². The monoisotopic (exact) mass is 280 g/mol. The maximum Gasteiger partial charge on any atom is 0.0900 e. The Morgan fingerprint density at radius 3 is 2.65 bits per heavy atom. The molecule has 114 valence electrons. The maximum atomic E-state index is 9.75. The van der Waals surface area contributed by atoms with Gasteiger partial charge in [-0.05, 0) is 19.3 Å². The van der Waals surface area contributed by atoms with E-state index in [-0.39, 0.29) is 6.10 Å². The van der Waals surface area contributed by atoms with Crippen molar-refractivity contribution in [2.75, 3.05) is 53.0 Å². The summed E-state index contributed by atoms with van der Waals surface area (Å²) >= 11 is 0. The van der Waals surface area contributed by atoms with Gasteiger partial charge in [0.15, 0.2) is 0 Å². The van der Waals surface area contributed by atoms with Gasteiger partial charge < -0.3 is 14.7 Å². The Hall–Kier alpha value is -0.680. The topological polar surface area (TPSA) is 35.9 Å². The van der Waals surface area contributed by atoms with E-state index in [1.165, 1.54) is 25.8 Å². The van der Waals surface area contributed by atoms with E-state index >= 15 is 0 Å². The van der Waals surface area contributed by atoms with E-state index in [4.69, 9.17) is 4.74 Å². The van der Waals surface area contributed by atoms with Crippen molar-refractivity contribution in [1.82, 2.24) is 9.80 Å². The van der Waals surface area contributed by atoms with Gasteiger partial charge in [0.2, 0.25) is 0 Å². The molecule has 1 saturated heterocycles. The molecule has 1 atom stereocenters. The fraction of sp³-hybridized carbons (Fsp3) is 0.750. The summed E-state index contributed by atoms with van der Waals surface area (Å²) in [4.78, 5) is 4.88. The van der Waals surface area contributed by atoms with E-state index < -0.39 is 0 Å². The molecular weight excluding hydrogens is 252 g/mol. The van der Waals surface area contributed by atoms with E-state index in [0.717, 1.165) is 32.7 Å². The molecule has 2 rings (SSSR count). The van der Waals surface area contributed by atoms with E-state index in [2.05, 4.69) is 28.0 Å². The number of allylic oxidation sites excluding steroid dienone is 3. The first-order valence-electron chi connectivity index (χ1n) is 7.74. The highest BCUT2D eigenvalue weighted by Gasteiger charge is 2.19. The van der Waals surface area contributed by atoms with Crippen LogP contribution in [0.15, 0.2) is 23.8 Å². The zero-order valence-electron chi connectivity index (χ0n) is 12.6. The molecule has 0 aromatic carbocycles. The zero-order valence-corrected chi connectivity index (χ0v) is 12.6. The number of methoxy groups -OCH3 is 1. The third-order valence-corrected chi connectivity index (χ3v) is 4.14. The Labute approximate surface area is 122 Å². The number of ether oxygens (including phenoxy) is 1. The minimum atomic E-state index is -0.356. The van der Waals surface area contributed by atoms with Crippen molar-refractivity contribution in [3.63, 3.8) is 0 Å². The Balaban J connectivity index is 1.61. The molecule has 0 amide bonds. The van der Waals surface area contributed by atoms with Gasteiger partial charge in [0, 0.05) is 46.4 Å². The molecule has 1 heterocycles. The fourth-order valence-electron chi connectivity index (χ4n) is 2.90. The molecule has 1 N–H and O–H groups in total. The van der Waals surface area contributed by atoms with Crippen LogP contribution in [0.4, 0.5) is 0 Å². The zero-order chi connectivity index (χ0) is 14.2. The normalized spacial score (nSPS) is 22.8. The van der Waals surface area contributed by atoms with Crippen molar-refractivity contribution < 1.29 is 9.84 Å². The molecule has 4 heteroatoms. The Morgan fingerprint density at radius 1 is 1.25 bits per heavy atom. The predicted molar refractivity (Wildman–Crippen MR) is 81.8 cm³/mol. The summed E-state index contributed by atoms with van der Waals surface area (Å²) in [7, 11) is 1.64. The van der Waals surface area contributed by atoms with E-state index in [1.54, 1.807) is 12.7 Å². The van der Waals surface area contributed by atoms with Gasteiger partial charge >= 0.3 is 0 Å². The molecule has 20 heavy (non-hydrogen) atoms. The molecule has 0 bridgehead atoms. The highest BCUT2D eigenvalue weighted by molar-refractivity contribution is 5.17. The molecule has 1 unspecified atom stereocenters. The SMILES string of the molecule is COCC(O)CN1CCN(CCC2=CC=CCC2)CC1. The molecular formula is C16H28N2O2. The average molecular weight is 280 g/mol. The van der Waals surface area contributed by atoms with E-state index in [1.807, 2.05) is 0 Å². The maximum absolute atomic E-state index is 9.75. The van der Waals surface area contributed by atoms with E-state index in [9.17, 15) is 5.11 Å². The molecule has 2 aliphatic rings. The molecule has 1 fully saturated rings. The van der Waals surface area contributed by atoms with Crippen LogP contribution in [0.1, 0.15) is 19.3 Å². The smallest absolute Gasteiger partial charge is 0.0900 e. The minimum absolute atomic E-state index is 0.356. The minimum Gasteiger partial charge on any atom is -0.389 e. The van der Waals surface area contributed by atoms with Gasteiger partial charge in [0.05, 0.1) is 12.7 Å². The lowest BCUT2D eigenvalue weighted by molar-refractivity contribution is 0.0240. The lowest BCUT2D eigenvalue weighted by Crippen LogP contribution is -2.49. The third kappa shape index (κ3) is 5.37. The predicted octanol–water partition coefficient (Wildman–Crippen LogP) is 1.28. The van der Waals surface area contributed by atoms with Gasteiger partial charge in [0.25, 0.3) is 0 Å². The van der Waals surface area contributed by atoms with Crippen molar-refractivity contribution in [3.8, 4) is 0 Å². The van der Waals surface area contributed by atoms with Crippen LogP contribution in [0.5, 0.6) is 0 Å². The van der Waals surface area contributed by atoms with Crippen LogP contribution in [0.2, 0.25) is 0 Å². The first-order chi connectivity index (χ1) is 9.78. The molecule has 0 radical (unpaired) electrons. The lowest BCUT2D eigenvalue weighted by Gasteiger charge is -2.35. The van der Waals surface area contributed by atoms with E-state index in [0.29, 0.717) is 6.61 Å². The van der Waals surface area contributed by atoms with Gasteiger partial charge in [-0.25, -0.2) is 0 Å². The Kier molecular flexibility index (Phi) is 6.73. The molecule has 0 aromatic rings. The number of hydrogen-bond donors (Lipinski definition) is 1. The molecule has 1 aliphatic heterocycles. The molecule has 0 saturated carbocycles. The molecule has 0 aromatic heterocycles. The summed E-state index contributed by atoms with van der Waals surface area (Å²) in [5.41, 5.74) is 1.59. The highest BCUT2D eigenvalue weighted by atomic mass is 16.5. The van der Waals surface area contributed by atoms with Crippen LogP contribution in [-0.2, 0) is 4.74 Å². The number of aliphatic hydroxyl groups is 1. The van der Waals surface area contributed by atoms with Crippen LogP contribution < -0.4 is 0 Å². The summed E-state index contributed by atoms with van der Waals surface area (Å²) in [6, 6.07) is 0. The van der Waals surface area contributed by atoms with Crippen molar-refractivity contribution in [3.05, 3.63) is 23.8 Å². The standard InChI is InChI=1S/C16H28N2O2/c1-20-14-16(19)13-18-11-9-17(10-12-18)8-7-15-5-3-2-4-6-15/h2-3,5,16,19H,4,6-14H2,1H3. The second-order valence-corrected chi connectivity index (χ2v) is 5.79. The number of piperazine rings is 1. The average Bonchev–Trinajstić information content (AvgIpc) is 2.48. The Bertz CT molecular complexity index is 333. The summed E-state index contributed by atoms with van der Waals surface area (Å²) < 4.78 is 4.97. The van der Waals surface area contributed by atoms with Crippen molar-refractivity contribution in [2.45, 2.75) is 25.4 Å².